The minimum Gasteiger partial charge on any atom is -0.298 e. The standard InChI is InChI=1S/C12H17IO/c1-2-3-6-9-12(13)10-7-4-5-8-11(12)14/h1H,3-10H2. The number of Topliss-reactive ketones (excluding diaryl/α,β-unsaturated/α-hetero) is 1. The maximum Gasteiger partial charge on any atom is 0.148 e. The second-order valence-electron chi connectivity index (χ2n) is 4.01. The normalized spacial score (nSPS) is 28.1. The summed E-state index contributed by atoms with van der Waals surface area (Å²) in [6, 6.07) is 0. The van der Waals surface area contributed by atoms with Gasteiger partial charge in [-0.2, -0.15) is 0 Å². The molecule has 1 atom stereocenters. The van der Waals surface area contributed by atoms with E-state index in [4.69, 9.17) is 6.42 Å². The van der Waals surface area contributed by atoms with Crippen molar-refractivity contribution in [3.05, 3.63) is 0 Å². The smallest absolute Gasteiger partial charge is 0.148 e. The molecule has 14 heavy (non-hydrogen) atoms. The van der Waals surface area contributed by atoms with Crippen molar-refractivity contribution in [2.75, 3.05) is 0 Å². The number of halogens is 1. The van der Waals surface area contributed by atoms with Gasteiger partial charge in [0.05, 0.1) is 3.42 Å². The van der Waals surface area contributed by atoms with E-state index in [1.165, 1.54) is 12.8 Å². The van der Waals surface area contributed by atoms with Crippen molar-refractivity contribution < 1.29 is 4.79 Å². The number of alkyl halides is 1. The average molecular weight is 304 g/mol. The topological polar surface area (TPSA) is 17.1 Å². The molecule has 0 aromatic rings. The molecule has 1 saturated carbocycles. The number of carbonyl (C=O) groups is 1. The van der Waals surface area contributed by atoms with Crippen LogP contribution in [-0.4, -0.2) is 9.20 Å². The van der Waals surface area contributed by atoms with Crippen LogP contribution in [0.4, 0.5) is 0 Å². The number of hydrogen-bond acceptors (Lipinski definition) is 1. The van der Waals surface area contributed by atoms with Gasteiger partial charge < -0.3 is 0 Å². The molecule has 0 aromatic carbocycles. The Morgan fingerprint density at radius 3 is 2.93 bits per heavy atom. The van der Waals surface area contributed by atoms with E-state index in [1.54, 1.807) is 0 Å². The Kier molecular flexibility index (Phi) is 4.94. The third-order valence-electron chi connectivity index (χ3n) is 2.87. The highest BCUT2D eigenvalue weighted by atomic mass is 127. The fourth-order valence-electron chi connectivity index (χ4n) is 1.97. The lowest BCUT2D eigenvalue weighted by Crippen LogP contribution is -2.30. The Balaban J connectivity index is 2.50. The summed E-state index contributed by atoms with van der Waals surface area (Å²) in [7, 11) is 0. The lowest BCUT2D eigenvalue weighted by Gasteiger charge is -2.23. The summed E-state index contributed by atoms with van der Waals surface area (Å²) in [6.45, 7) is 0. The van der Waals surface area contributed by atoms with Crippen molar-refractivity contribution in [3.8, 4) is 12.3 Å². The van der Waals surface area contributed by atoms with Crippen LogP contribution in [0.2, 0.25) is 0 Å². The highest BCUT2D eigenvalue weighted by molar-refractivity contribution is 14.1. The molecule has 1 aliphatic carbocycles. The van der Waals surface area contributed by atoms with Crippen LogP contribution >= 0.6 is 22.6 Å². The zero-order chi connectivity index (χ0) is 10.4. The summed E-state index contributed by atoms with van der Waals surface area (Å²) in [5, 5.41) is 0. The molecule has 0 heterocycles. The highest BCUT2D eigenvalue weighted by Crippen LogP contribution is 2.36. The molecule has 0 radical (unpaired) electrons. The van der Waals surface area contributed by atoms with Gasteiger partial charge in [-0.25, -0.2) is 0 Å². The predicted octanol–water partition coefficient (Wildman–Crippen LogP) is 3.50. The van der Waals surface area contributed by atoms with Gasteiger partial charge in [-0.15, -0.1) is 12.3 Å². The summed E-state index contributed by atoms with van der Waals surface area (Å²) in [5.74, 6) is 3.09. The molecule has 0 amide bonds. The Labute approximate surface area is 100 Å². The largest absolute Gasteiger partial charge is 0.298 e. The van der Waals surface area contributed by atoms with Crippen LogP contribution in [0.25, 0.3) is 0 Å². The number of hydrogen-bond donors (Lipinski definition) is 0. The fourth-order valence-corrected chi connectivity index (χ4v) is 3.00. The molecule has 0 aromatic heterocycles. The molecule has 1 nitrogen and oxygen atoms in total. The average Bonchev–Trinajstić information content (AvgIpc) is 2.31. The summed E-state index contributed by atoms with van der Waals surface area (Å²) < 4.78 is -0.0922. The van der Waals surface area contributed by atoms with Gasteiger partial charge in [0.2, 0.25) is 0 Å². The lowest BCUT2D eigenvalue weighted by molar-refractivity contribution is -0.120. The van der Waals surface area contributed by atoms with E-state index in [2.05, 4.69) is 28.5 Å². The Morgan fingerprint density at radius 1 is 1.43 bits per heavy atom. The number of ketones is 1. The van der Waals surface area contributed by atoms with Crippen LogP contribution in [0.3, 0.4) is 0 Å². The molecular formula is C12H17IO. The minimum atomic E-state index is -0.0922. The van der Waals surface area contributed by atoms with Crippen molar-refractivity contribution in [2.45, 2.75) is 54.8 Å². The van der Waals surface area contributed by atoms with E-state index in [0.29, 0.717) is 5.78 Å². The van der Waals surface area contributed by atoms with E-state index < -0.39 is 0 Å². The molecule has 0 aliphatic heterocycles. The first-order valence-corrected chi connectivity index (χ1v) is 6.42. The Hall–Kier alpha value is -0.0400. The third-order valence-corrected chi connectivity index (χ3v) is 4.55. The van der Waals surface area contributed by atoms with Gasteiger partial charge in [-0.1, -0.05) is 35.4 Å². The van der Waals surface area contributed by atoms with Gasteiger partial charge in [0.15, 0.2) is 0 Å². The minimum absolute atomic E-state index is 0.0922. The van der Waals surface area contributed by atoms with Crippen molar-refractivity contribution in [3.63, 3.8) is 0 Å². The van der Waals surface area contributed by atoms with Crippen LogP contribution in [0.1, 0.15) is 51.4 Å². The lowest BCUT2D eigenvalue weighted by atomic mass is 9.93. The fraction of sp³-hybridized carbons (Fsp3) is 0.750. The number of terminal acetylenes is 1. The van der Waals surface area contributed by atoms with Gasteiger partial charge in [-0.05, 0) is 25.7 Å². The van der Waals surface area contributed by atoms with Gasteiger partial charge in [0, 0.05) is 12.8 Å². The number of carbonyl (C=O) groups excluding carboxylic acids is 1. The molecule has 1 unspecified atom stereocenters. The molecule has 0 spiro atoms. The SMILES string of the molecule is C#CCCCC1(I)CCCCCC1=O. The maximum atomic E-state index is 11.9. The molecule has 1 aliphatic rings. The van der Waals surface area contributed by atoms with Crippen LogP contribution in [-0.2, 0) is 4.79 Å². The maximum absolute atomic E-state index is 11.9. The zero-order valence-electron chi connectivity index (χ0n) is 8.52. The molecule has 2 heteroatoms. The zero-order valence-corrected chi connectivity index (χ0v) is 10.7. The quantitative estimate of drug-likeness (QED) is 0.256. The highest BCUT2D eigenvalue weighted by Gasteiger charge is 2.34. The molecule has 0 N–H and O–H groups in total. The van der Waals surface area contributed by atoms with Gasteiger partial charge in [0.1, 0.15) is 5.78 Å². The van der Waals surface area contributed by atoms with Gasteiger partial charge >= 0.3 is 0 Å². The van der Waals surface area contributed by atoms with E-state index in [1.807, 2.05) is 0 Å². The Bertz CT molecular complexity index is 241. The summed E-state index contributed by atoms with van der Waals surface area (Å²) in [5.41, 5.74) is 0. The summed E-state index contributed by atoms with van der Waals surface area (Å²) in [6.07, 6.45) is 13.3. The monoisotopic (exact) mass is 304 g/mol. The first kappa shape index (κ1) is 12.0. The summed E-state index contributed by atoms with van der Waals surface area (Å²) in [4.78, 5) is 11.9. The summed E-state index contributed by atoms with van der Waals surface area (Å²) >= 11 is 2.36. The van der Waals surface area contributed by atoms with E-state index in [-0.39, 0.29) is 3.42 Å². The van der Waals surface area contributed by atoms with Crippen molar-refractivity contribution >= 4 is 28.4 Å². The second-order valence-corrected chi connectivity index (χ2v) is 6.07. The van der Waals surface area contributed by atoms with E-state index >= 15 is 0 Å². The molecular weight excluding hydrogens is 287 g/mol. The Morgan fingerprint density at radius 2 is 2.21 bits per heavy atom. The van der Waals surface area contributed by atoms with Crippen LogP contribution in [0.15, 0.2) is 0 Å². The van der Waals surface area contributed by atoms with Crippen molar-refractivity contribution in [1.82, 2.24) is 0 Å². The van der Waals surface area contributed by atoms with Gasteiger partial charge in [0.25, 0.3) is 0 Å². The first-order valence-electron chi connectivity index (χ1n) is 5.35. The van der Waals surface area contributed by atoms with Crippen molar-refractivity contribution in [1.29, 1.82) is 0 Å². The van der Waals surface area contributed by atoms with E-state index in [0.717, 1.165) is 38.5 Å². The second kappa shape index (κ2) is 5.75. The first-order chi connectivity index (χ1) is 6.69. The van der Waals surface area contributed by atoms with Crippen molar-refractivity contribution in [2.24, 2.45) is 0 Å². The molecule has 0 saturated heterocycles. The molecule has 1 fully saturated rings. The number of unbranched alkanes of at least 4 members (excludes halogenated alkanes) is 1. The molecule has 0 bridgehead atoms. The van der Waals surface area contributed by atoms with Crippen LogP contribution in [0, 0.1) is 12.3 Å². The molecule has 78 valence electrons. The number of rotatable bonds is 3. The van der Waals surface area contributed by atoms with Crippen LogP contribution < -0.4 is 0 Å². The molecule has 1 rings (SSSR count). The van der Waals surface area contributed by atoms with Gasteiger partial charge in [-0.3, -0.25) is 4.79 Å². The predicted molar refractivity (Wildman–Crippen MR) is 67.5 cm³/mol. The van der Waals surface area contributed by atoms with Crippen LogP contribution in [0.5, 0.6) is 0 Å². The van der Waals surface area contributed by atoms with E-state index in [9.17, 15) is 4.79 Å². The third kappa shape index (κ3) is 3.27.